The van der Waals surface area contributed by atoms with Crippen LogP contribution in [0.5, 0.6) is 5.75 Å². The maximum Gasteiger partial charge on any atom is 0.252 e. The van der Waals surface area contributed by atoms with Crippen molar-refractivity contribution in [3.8, 4) is 5.75 Å². The lowest BCUT2D eigenvalue weighted by atomic mass is 10.1. The van der Waals surface area contributed by atoms with Crippen LogP contribution in [-0.4, -0.2) is 37.4 Å². The van der Waals surface area contributed by atoms with E-state index in [4.69, 9.17) is 4.74 Å². The number of rotatable bonds is 8. The number of hydrogen-bond donors (Lipinski definition) is 1. The van der Waals surface area contributed by atoms with Crippen LogP contribution in [-0.2, 0) is 4.79 Å². The standard InChI is InChI=1S/C19H24N2O3S/c1-14(15-6-8-17(24-3)9-7-15)21(2)18(22)5-4-11-20-19(23)16-10-12-25-13-16/h6-10,12-14H,4-5,11H2,1-3H3,(H,20,23). The zero-order valence-electron chi connectivity index (χ0n) is 14.8. The van der Waals surface area contributed by atoms with Crippen LogP contribution in [0.25, 0.3) is 0 Å². The highest BCUT2D eigenvalue weighted by Crippen LogP contribution is 2.22. The van der Waals surface area contributed by atoms with Gasteiger partial charge in [0, 0.05) is 31.0 Å². The Hall–Kier alpha value is -2.34. The number of thiophene rings is 1. The summed E-state index contributed by atoms with van der Waals surface area (Å²) in [6.45, 7) is 2.49. The normalized spacial score (nSPS) is 11.6. The molecule has 0 aliphatic rings. The molecular formula is C19H24N2O3S. The summed E-state index contributed by atoms with van der Waals surface area (Å²) in [6.07, 6.45) is 1.02. The molecule has 1 aromatic carbocycles. The van der Waals surface area contributed by atoms with Crippen molar-refractivity contribution in [2.24, 2.45) is 0 Å². The van der Waals surface area contributed by atoms with E-state index in [1.165, 1.54) is 11.3 Å². The summed E-state index contributed by atoms with van der Waals surface area (Å²) in [6, 6.07) is 9.49. The Morgan fingerprint density at radius 1 is 1.24 bits per heavy atom. The van der Waals surface area contributed by atoms with Crippen molar-refractivity contribution in [2.75, 3.05) is 20.7 Å². The zero-order valence-corrected chi connectivity index (χ0v) is 15.6. The van der Waals surface area contributed by atoms with Gasteiger partial charge >= 0.3 is 0 Å². The van der Waals surface area contributed by atoms with E-state index in [1.54, 1.807) is 25.1 Å². The van der Waals surface area contributed by atoms with Crippen molar-refractivity contribution in [3.05, 3.63) is 52.2 Å². The predicted molar refractivity (Wildman–Crippen MR) is 100 cm³/mol. The Morgan fingerprint density at radius 2 is 1.96 bits per heavy atom. The van der Waals surface area contributed by atoms with Gasteiger partial charge in [-0.1, -0.05) is 12.1 Å². The number of nitrogens with one attached hydrogen (secondary N) is 1. The number of nitrogens with zero attached hydrogens (tertiary/aromatic N) is 1. The van der Waals surface area contributed by atoms with Crippen LogP contribution >= 0.6 is 11.3 Å². The molecule has 1 unspecified atom stereocenters. The molecule has 0 saturated heterocycles. The molecule has 2 rings (SSSR count). The monoisotopic (exact) mass is 360 g/mol. The lowest BCUT2D eigenvalue weighted by Gasteiger charge is -2.25. The van der Waals surface area contributed by atoms with Gasteiger partial charge in [0.25, 0.3) is 5.91 Å². The number of methoxy groups -OCH3 is 1. The number of carbonyl (C=O) groups is 2. The molecule has 0 bridgehead atoms. The minimum Gasteiger partial charge on any atom is -0.497 e. The minimum atomic E-state index is -0.0892. The quantitative estimate of drug-likeness (QED) is 0.733. The number of amides is 2. The van der Waals surface area contributed by atoms with E-state index in [0.717, 1.165) is 11.3 Å². The van der Waals surface area contributed by atoms with Crippen LogP contribution in [0.2, 0.25) is 0 Å². The molecule has 1 N–H and O–H groups in total. The van der Waals surface area contributed by atoms with Crippen LogP contribution in [0.15, 0.2) is 41.1 Å². The molecule has 2 amide bonds. The lowest BCUT2D eigenvalue weighted by molar-refractivity contribution is -0.131. The molecule has 134 valence electrons. The molecule has 1 aromatic heterocycles. The first kappa shape index (κ1) is 19.0. The average Bonchev–Trinajstić information content (AvgIpc) is 3.18. The highest BCUT2D eigenvalue weighted by molar-refractivity contribution is 7.08. The molecule has 0 radical (unpaired) electrons. The average molecular weight is 360 g/mol. The van der Waals surface area contributed by atoms with Crippen LogP contribution in [0, 0.1) is 0 Å². The SMILES string of the molecule is COc1ccc(C(C)N(C)C(=O)CCCNC(=O)c2ccsc2)cc1. The van der Waals surface area contributed by atoms with Crippen molar-refractivity contribution in [1.29, 1.82) is 0 Å². The van der Waals surface area contributed by atoms with Gasteiger partial charge in [-0.2, -0.15) is 11.3 Å². The Bertz CT molecular complexity index is 683. The summed E-state index contributed by atoms with van der Waals surface area (Å²) < 4.78 is 5.15. The van der Waals surface area contributed by atoms with Gasteiger partial charge in [0.15, 0.2) is 0 Å². The van der Waals surface area contributed by atoms with E-state index in [0.29, 0.717) is 24.9 Å². The van der Waals surface area contributed by atoms with Gasteiger partial charge in [-0.15, -0.1) is 0 Å². The fraction of sp³-hybridized carbons (Fsp3) is 0.368. The summed E-state index contributed by atoms with van der Waals surface area (Å²) in [5.41, 5.74) is 1.73. The molecule has 25 heavy (non-hydrogen) atoms. The minimum absolute atomic E-state index is 0.0150. The van der Waals surface area contributed by atoms with Crippen molar-refractivity contribution < 1.29 is 14.3 Å². The van der Waals surface area contributed by atoms with E-state index in [-0.39, 0.29) is 17.9 Å². The van der Waals surface area contributed by atoms with Gasteiger partial charge in [0.2, 0.25) is 5.91 Å². The molecule has 0 fully saturated rings. The van der Waals surface area contributed by atoms with Gasteiger partial charge in [0.05, 0.1) is 13.2 Å². The highest BCUT2D eigenvalue weighted by atomic mass is 32.1. The van der Waals surface area contributed by atoms with E-state index >= 15 is 0 Å². The third-order valence-corrected chi connectivity index (χ3v) is 4.89. The Kier molecular flexibility index (Phi) is 7.01. The number of hydrogen-bond acceptors (Lipinski definition) is 4. The highest BCUT2D eigenvalue weighted by Gasteiger charge is 2.17. The van der Waals surface area contributed by atoms with E-state index in [1.807, 2.05) is 41.9 Å². The maximum absolute atomic E-state index is 12.3. The fourth-order valence-corrected chi connectivity index (χ4v) is 3.07. The molecule has 0 aliphatic heterocycles. The summed E-state index contributed by atoms with van der Waals surface area (Å²) in [4.78, 5) is 25.9. The summed E-state index contributed by atoms with van der Waals surface area (Å²) in [5.74, 6) is 0.771. The van der Waals surface area contributed by atoms with Crippen molar-refractivity contribution in [2.45, 2.75) is 25.8 Å². The van der Waals surface area contributed by atoms with E-state index in [2.05, 4.69) is 5.32 Å². The van der Waals surface area contributed by atoms with Crippen molar-refractivity contribution >= 4 is 23.2 Å². The first-order valence-corrected chi connectivity index (χ1v) is 9.17. The van der Waals surface area contributed by atoms with Crippen LogP contribution in [0.1, 0.15) is 41.7 Å². The van der Waals surface area contributed by atoms with Crippen LogP contribution < -0.4 is 10.1 Å². The number of carbonyl (C=O) groups excluding carboxylic acids is 2. The third-order valence-electron chi connectivity index (χ3n) is 4.21. The van der Waals surface area contributed by atoms with Gasteiger partial charge in [-0.25, -0.2) is 0 Å². The molecule has 0 aliphatic carbocycles. The van der Waals surface area contributed by atoms with E-state index < -0.39 is 0 Å². The Balaban J connectivity index is 1.76. The molecule has 1 atom stereocenters. The largest absolute Gasteiger partial charge is 0.497 e. The smallest absolute Gasteiger partial charge is 0.252 e. The molecule has 1 heterocycles. The number of ether oxygens (including phenoxy) is 1. The maximum atomic E-state index is 12.3. The molecule has 2 aromatic rings. The lowest BCUT2D eigenvalue weighted by Crippen LogP contribution is -2.31. The molecule has 0 spiro atoms. The summed E-state index contributed by atoms with van der Waals surface area (Å²) >= 11 is 1.49. The number of benzene rings is 1. The second kappa shape index (κ2) is 9.22. The van der Waals surface area contributed by atoms with Crippen molar-refractivity contribution in [3.63, 3.8) is 0 Å². The second-order valence-corrected chi connectivity index (χ2v) is 6.61. The Morgan fingerprint density at radius 3 is 2.56 bits per heavy atom. The van der Waals surface area contributed by atoms with Crippen molar-refractivity contribution in [1.82, 2.24) is 10.2 Å². The van der Waals surface area contributed by atoms with Crippen LogP contribution in [0.4, 0.5) is 0 Å². The molecular weight excluding hydrogens is 336 g/mol. The van der Waals surface area contributed by atoms with E-state index in [9.17, 15) is 9.59 Å². The van der Waals surface area contributed by atoms with Gasteiger partial charge in [-0.3, -0.25) is 9.59 Å². The first-order chi connectivity index (χ1) is 12.0. The zero-order chi connectivity index (χ0) is 18.2. The predicted octanol–water partition coefficient (Wildman–Crippen LogP) is 3.49. The summed E-state index contributed by atoms with van der Waals surface area (Å²) in [5, 5.41) is 6.52. The molecule has 6 heteroatoms. The summed E-state index contributed by atoms with van der Waals surface area (Å²) in [7, 11) is 3.44. The Labute approximate surface area is 152 Å². The van der Waals surface area contributed by atoms with Crippen LogP contribution in [0.3, 0.4) is 0 Å². The van der Waals surface area contributed by atoms with Gasteiger partial charge in [0.1, 0.15) is 5.75 Å². The second-order valence-electron chi connectivity index (χ2n) is 5.83. The molecule has 0 saturated carbocycles. The third kappa shape index (κ3) is 5.32. The fourth-order valence-electron chi connectivity index (χ4n) is 2.44. The van der Waals surface area contributed by atoms with Gasteiger partial charge in [-0.05, 0) is 42.5 Å². The topological polar surface area (TPSA) is 58.6 Å². The van der Waals surface area contributed by atoms with Gasteiger partial charge < -0.3 is 15.0 Å². The first-order valence-electron chi connectivity index (χ1n) is 8.23. The molecule has 5 nitrogen and oxygen atoms in total.